The second-order valence-corrected chi connectivity index (χ2v) is 11.2. The summed E-state index contributed by atoms with van der Waals surface area (Å²) in [6.07, 6.45) is 3.64. The van der Waals surface area contributed by atoms with Crippen LogP contribution >= 0.6 is 0 Å². The Morgan fingerprint density at radius 3 is 1.97 bits per heavy atom. The van der Waals surface area contributed by atoms with Gasteiger partial charge in [-0.1, -0.05) is 91.0 Å². The molecule has 0 unspecified atom stereocenters. The highest BCUT2D eigenvalue weighted by molar-refractivity contribution is 7.23. The molecule has 5 aromatic rings. The Bertz CT molecular complexity index is 1310. The zero-order chi connectivity index (χ0) is 19.3. The maximum atomic E-state index is 4.59. The molecule has 136 valence electrons. The number of hydrogen-bond acceptors (Lipinski definition) is 2. The first-order valence-electron chi connectivity index (χ1n) is 9.85. The monoisotopic (exact) mass is 386 g/mol. The summed E-state index contributed by atoms with van der Waals surface area (Å²) >= 11 is 0. The smallest absolute Gasteiger partial charge is 0.181 e. The van der Waals surface area contributed by atoms with E-state index in [1.54, 1.807) is 6.33 Å². The Morgan fingerprint density at radius 2 is 1.24 bits per heavy atom. The number of benzene rings is 4. The summed E-state index contributed by atoms with van der Waals surface area (Å²) in [5, 5.41) is 6.82. The van der Waals surface area contributed by atoms with Gasteiger partial charge in [0.1, 0.15) is 6.33 Å². The van der Waals surface area contributed by atoms with Crippen LogP contribution in [0.15, 0.2) is 110 Å². The van der Waals surface area contributed by atoms with Crippen molar-refractivity contribution in [3.05, 3.63) is 110 Å². The van der Waals surface area contributed by atoms with E-state index in [2.05, 4.69) is 107 Å². The summed E-state index contributed by atoms with van der Waals surface area (Å²) in [7, 11) is -2.47. The van der Waals surface area contributed by atoms with Crippen LogP contribution < -0.4 is 20.7 Å². The Labute approximate surface area is 170 Å². The maximum Gasteiger partial charge on any atom is 0.181 e. The van der Waals surface area contributed by atoms with Crippen LogP contribution in [0.1, 0.15) is 0 Å². The minimum atomic E-state index is -2.47. The number of fused-ring (bicyclic) bond motifs is 5. The quantitative estimate of drug-likeness (QED) is 0.428. The van der Waals surface area contributed by atoms with Crippen molar-refractivity contribution in [1.29, 1.82) is 0 Å². The summed E-state index contributed by atoms with van der Waals surface area (Å²) in [6, 6.07) is 35.4. The van der Waals surface area contributed by atoms with Gasteiger partial charge < -0.3 is 0 Å². The molecule has 29 heavy (non-hydrogen) atoms. The van der Waals surface area contributed by atoms with Crippen LogP contribution in [-0.2, 0) is 0 Å². The third-order valence-corrected chi connectivity index (χ3v) is 11.0. The van der Waals surface area contributed by atoms with E-state index in [9.17, 15) is 0 Å². The molecular formula is C26H18N2Si. The van der Waals surface area contributed by atoms with Crippen molar-refractivity contribution < 1.29 is 0 Å². The summed E-state index contributed by atoms with van der Waals surface area (Å²) in [4.78, 5) is 9.00. The molecular weight excluding hydrogens is 368 g/mol. The van der Waals surface area contributed by atoms with Gasteiger partial charge in [0.2, 0.25) is 0 Å². The summed E-state index contributed by atoms with van der Waals surface area (Å²) in [5.41, 5.74) is 3.67. The fraction of sp³-hybridized carbons (Fsp3) is 0. The van der Waals surface area contributed by atoms with Crippen molar-refractivity contribution in [2.45, 2.75) is 0 Å². The van der Waals surface area contributed by atoms with Gasteiger partial charge in [0.15, 0.2) is 8.07 Å². The minimum Gasteiger partial charge on any atom is -0.244 e. The molecule has 0 atom stereocenters. The number of hydrogen-bond donors (Lipinski definition) is 0. The topological polar surface area (TPSA) is 25.8 Å². The first-order valence-corrected chi connectivity index (χ1v) is 11.8. The molecule has 4 aromatic carbocycles. The second kappa shape index (κ2) is 6.22. The third kappa shape index (κ3) is 2.16. The van der Waals surface area contributed by atoms with E-state index in [1.807, 2.05) is 6.20 Å². The van der Waals surface area contributed by atoms with Crippen LogP contribution in [0.25, 0.3) is 22.0 Å². The first-order chi connectivity index (χ1) is 14.4. The normalized spacial score (nSPS) is 13.8. The predicted octanol–water partition coefficient (Wildman–Crippen LogP) is 2.99. The van der Waals surface area contributed by atoms with Gasteiger partial charge in [0.05, 0.1) is 5.52 Å². The maximum absolute atomic E-state index is 4.59. The first kappa shape index (κ1) is 16.4. The average molecular weight is 387 g/mol. The lowest BCUT2D eigenvalue weighted by Crippen LogP contribution is -2.73. The third-order valence-electron chi connectivity index (χ3n) is 6.10. The zero-order valence-electron chi connectivity index (χ0n) is 15.8. The molecule has 1 aromatic heterocycles. The molecule has 0 bridgehead atoms. The molecule has 3 heteroatoms. The van der Waals surface area contributed by atoms with Crippen LogP contribution in [0.5, 0.6) is 0 Å². The predicted molar refractivity (Wildman–Crippen MR) is 122 cm³/mol. The Morgan fingerprint density at radius 1 is 0.586 bits per heavy atom. The largest absolute Gasteiger partial charge is 0.244 e. The van der Waals surface area contributed by atoms with Crippen molar-refractivity contribution >= 4 is 39.7 Å². The van der Waals surface area contributed by atoms with Gasteiger partial charge in [-0.05, 0) is 37.9 Å². The zero-order valence-corrected chi connectivity index (χ0v) is 16.8. The summed E-state index contributed by atoms with van der Waals surface area (Å²) < 4.78 is 0. The Hall–Kier alpha value is -3.56. The molecule has 0 radical (unpaired) electrons. The van der Waals surface area contributed by atoms with E-state index in [4.69, 9.17) is 0 Å². The Kier molecular flexibility index (Phi) is 3.52. The van der Waals surface area contributed by atoms with Crippen molar-refractivity contribution in [3.63, 3.8) is 0 Å². The molecule has 0 N–H and O–H groups in total. The molecule has 2 nitrogen and oxygen atoms in total. The van der Waals surface area contributed by atoms with Crippen molar-refractivity contribution in [2.24, 2.45) is 0 Å². The number of aromatic nitrogens is 2. The molecule has 0 fully saturated rings. The van der Waals surface area contributed by atoms with E-state index >= 15 is 0 Å². The Balaban J connectivity index is 1.88. The average Bonchev–Trinajstić information content (AvgIpc) is 3.12. The lowest BCUT2D eigenvalue weighted by atomic mass is 10.0. The molecule has 0 amide bonds. The minimum absolute atomic E-state index is 1.01. The highest BCUT2D eigenvalue weighted by Crippen LogP contribution is 2.31. The molecule has 2 heterocycles. The van der Waals surface area contributed by atoms with Crippen molar-refractivity contribution in [3.8, 4) is 11.1 Å². The summed E-state index contributed by atoms with van der Waals surface area (Å²) in [5.74, 6) is 0. The lowest BCUT2D eigenvalue weighted by Gasteiger charge is -2.31. The van der Waals surface area contributed by atoms with Crippen LogP contribution in [0.2, 0.25) is 0 Å². The standard InChI is InChI=1S/C26H18N2Si/c1-3-9-19(10-4-1)29(20-11-5-2-6-12-20)25-14-8-7-13-21(25)22-15-16-24-23(26(22)29)17-27-18-28-24/h1-18H. The van der Waals surface area contributed by atoms with Crippen LogP contribution in [0, 0.1) is 0 Å². The van der Waals surface area contributed by atoms with E-state index in [1.165, 1.54) is 37.3 Å². The van der Waals surface area contributed by atoms with Gasteiger partial charge in [-0.3, -0.25) is 0 Å². The van der Waals surface area contributed by atoms with Crippen LogP contribution in [-0.4, -0.2) is 18.0 Å². The SMILES string of the molecule is c1ccc([Si]2(c3ccccc3)c3ccccc3-c3ccc4ncncc4c32)cc1. The van der Waals surface area contributed by atoms with Gasteiger partial charge >= 0.3 is 0 Å². The number of rotatable bonds is 2. The molecule has 1 aliphatic heterocycles. The molecule has 0 saturated heterocycles. The van der Waals surface area contributed by atoms with Crippen LogP contribution in [0.4, 0.5) is 0 Å². The van der Waals surface area contributed by atoms with Crippen molar-refractivity contribution in [1.82, 2.24) is 9.97 Å². The molecule has 0 aliphatic carbocycles. The summed E-state index contributed by atoms with van der Waals surface area (Å²) in [6.45, 7) is 0. The van der Waals surface area contributed by atoms with Crippen LogP contribution in [0.3, 0.4) is 0 Å². The van der Waals surface area contributed by atoms with E-state index in [0.717, 1.165) is 5.52 Å². The molecule has 6 rings (SSSR count). The number of nitrogens with zero attached hydrogens (tertiary/aromatic N) is 2. The molecule has 1 aliphatic rings. The highest BCUT2D eigenvalue weighted by Gasteiger charge is 2.49. The fourth-order valence-corrected chi connectivity index (χ4v) is 10.4. The second-order valence-electron chi connectivity index (χ2n) is 7.47. The lowest BCUT2D eigenvalue weighted by molar-refractivity contribution is 1.22. The van der Waals surface area contributed by atoms with Gasteiger partial charge in [-0.15, -0.1) is 0 Å². The fourth-order valence-electron chi connectivity index (χ4n) is 5.01. The van der Waals surface area contributed by atoms with Gasteiger partial charge in [-0.2, -0.15) is 0 Å². The molecule has 0 spiro atoms. The van der Waals surface area contributed by atoms with Gasteiger partial charge in [-0.25, -0.2) is 9.97 Å². The molecule has 0 saturated carbocycles. The van der Waals surface area contributed by atoms with E-state index in [0.29, 0.717) is 0 Å². The highest BCUT2D eigenvalue weighted by atomic mass is 28.3. The van der Waals surface area contributed by atoms with E-state index < -0.39 is 8.07 Å². The van der Waals surface area contributed by atoms with E-state index in [-0.39, 0.29) is 0 Å². The van der Waals surface area contributed by atoms with Gasteiger partial charge in [0, 0.05) is 11.6 Å². The van der Waals surface area contributed by atoms with Gasteiger partial charge in [0.25, 0.3) is 0 Å². The van der Waals surface area contributed by atoms with Crippen molar-refractivity contribution in [2.75, 3.05) is 0 Å².